The summed E-state index contributed by atoms with van der Waals surface area (Å²) in [5.74, 6) is 1.47. The zero-order chi connectivity index (χ0) is 42.1. The molecule has 4 nitrogen and oxygen atoms in total. The molecule has 6 heteroatoms. The Kier molecular flexibility index (Phi) is 12.4. The van der Waals surface area contributed by atoms with Crippen LogP contribution in [0.4, 0.5) is 0 Å². The van der Waals surface area contributed by atoms with Gasteiger partial charge >= 0.3 is 0 Å². The Bertz CT molecular complexity index is 3070. The number of hydrogen-bond acceptors (Lipinski definition) is 3. The smallest absolute Gasteiger partial charge is 0.120 e. The monoisotopic (exact) mass is 1000 g/mol. The summed E-state index contributed by atoms with van der Waals surface area (Å²) in [4.78, 5) is 9.94. The van der Waals surface area contributed by atoms with Crippen LogP contribution in [0.3, 0.4) is 0 Å². The molecule has 0 saturated carbocycles. The van der Waals surface area contributed by atoms with E-state index in [1.807, 2.05) is 36.4 Å². The molecule has 3 aromatic heterocycles. The van der Waals surface area contributed by atoms with Gasteiger partial charge in [0.1, 0.15) is 5.58 Å². The van der Waals surface area contributed by atoms with Crippen LogP contribution in [-0.4, -0.2) is 22.6 Å². The Morgan fingerprint density at radius 2 is 1.35 bits per heavy atom. The summed E-state index contributed by atoms with van der Waals surface area (Å²) < 4.78 is 8.85. The van der Waals surface area contributed by atoms with Crippen LogP contribution < -0.4 is 5.19 Å². The summed E-state index contributed by atoms with van der Waals surface area (Å²) in [5.41, 5.74) is 14.8. The van der Waals surface area contributed by atoms with Gasteiger partial charge in [-0.05, 0) is 52.5 Å². The van der Waals surface area contributed by atoms with E-state index in [0.717, 1.165) is 95.5 Å². The van der Waals surface area contributed by atoms with Crippen LogP contribution in [0.15, 0.2) is 174 Å². The molecular weight excluding hydrogens is 951 g/mol. The van der Waals surface area contributed by atoms with Crippen LogP contribution in [-0.2, 0) is 26.5 Å². The van der Waals surface area contributed by atoms with Gasteiger partial charge in [-0.1, -0.05) is 172 Å². The van der Waals surface area contributed by atoms with Gasteiger partial charge in [0.2, 0.25) is 0 Å². The average Bonchev–Trinajstić information content (AvgIpc) is 3.87. The summed E-state index contributed by atoms with van der Waals surface area (Å²) in [6.07, 6.45) is 3.24. The zero-order valence-corrected chi connectivity index (χ0v) is 39.4. The second-order valence-corrected chi connectivity index (χ2v) is 22.2. The molecule has 10 aromatic rings. The third kappa shape index (κ3) is 8.39. The molecular formula is C56H49IrN3OSi-2. The number of fused-ring (bicyclic) bond motifs is 4. The molecule has 1 radical (unpaired) electrons. The van der Waals surface area contributed by atoms with E-state index in [1.54, 1.807) is 0 Å². The van der Waals surface area contributed by atoms with Crippen molar-refractivity contribution in [3.05, 3.63) is 193 Å². The Hall–Kier alpha value is -6.17. The Balaban J connectivity index is 0.000000214. The minimum Gasteiger partial charge on any atom is -0.501 e. The SMILES string of the molecule is CC(C)Cc1cc(-c2[c-]cccc2)ncc1[Si](C)(C)C.Cc1c[c-]c(-c2nc3ccccc3n2-c2c(-c3ccccc3)cccc2-c2ccccc2)c2oc3ccccc3c12.[Ir]. The fourth-order valence-electron chi connectivity index (χ4n) is 8.48. The summed E-state index contributed by atoms with van der Waals surface area (Å²) in [7, 11) is -1.34. The van der Waals surface area contributed by atoms with Gasteiger partial charge < -0.3 is 14.0 Å². The topological polar surface area (TPSA) is 43.9 Å². The molecule has 0 aliphatic heterocycles. The number of aromatic nitrogens is 3. The van der Waals surface area contributed by atoms with Crippen molar-refractivity contribution in [3.8, 4) is 50.6 Å². The van der Waals surface area contributed by atoms with Gasteiger partial charge in [0.25, 0.3) is 0 Å². The quantitative estimate of drug-likeness (QED) is 0.113. The van der Waals surface area contributed by atoms with Crippen molar-refractivity contribution in [1.82, 2.24) is 14.5 Å². The maximum Gasteiger partial charge on any atom is 0.120 e. The Labute approximate surface area is 379 Å². The first-order valence-corrected chi connectivity index (χ1v) is 24.7. The number of nitrogens with zero attached hydrogens (tertiary/aromatic N) is 3. The molecule has 0 amide bonds. The molecule has 0 aliphatic carbocycles. The van der Waals surface area contributed by atoms with E-state index in [0.29, 0.717) is 5.92 Å². The predicted molar refractivity (Wildman–Crippen MR) is 258 cm³/mol. The van der Waals surface area contributed by atoms with Crippen LogP contribution in [0.2, 0.25) is 19.6 Å². The van der Waals surface area contributed by atoms with Crippen molar-refractivity contribution < 1.29 is 24.5 Å². The second-order valence-electron chi connectivity index (χ2n) is 17.2. The standard InChI is InChI=1S/C38H25N2O.C18H24NSi.Ir/c1-25-23-24-31(37-35(25)30-17-8-11-22-34(30)41-37)38-39-32-20-9-10-21-33(32)40(38)36-28(26-13-4-2-5-14-26)18-12-19-29(36)27-15-6-3-7-16-27;1-14(2)11-16-12-17(15-9-7-6-8-10-15)19-13-18(16)20(3,4)5;/h2-23H,1H3;6-9,12-14H,11H2,1-5H3;/q2*-1;. The zero-order valence-electron chi connectivity index (χ0n) is 36.0. The van der Waals surface area contributed by atoms with Crippen LogP contribution in [0.1, 0.15) is 25.0 Å². The van der Waals surface area contributed by atoms with Crippen LogP contribution in [0.5, 0.6) is 0 Å². The van der Waals surface area contributed by atoms with Gasteiger partial charge in [-0.25, -0.2) is 0 Å². The Morgan fingerprint density at radius 3 is 2.02 bits per heavy atom. The molecule has 0 N–H and O–H groups in total. The van der Waals surface area contributed by atoms with Crippen molar-refractivity contribution in [1.29, 1.82) is 0 Å². The number of pyridine rings is 1. The number of hydrogen-bond donors (Lipinski definition) is 0. The van der Waals surface area contributed by atoms with E-state index >= 15 is 0 Å². The van der Waals surface area contributed by atoms with Gasteiger partial charge in [-0.15, -0.1) is 53.6 Å². The van der Waals surface area contributed by atoms with Gasteiger partial charge in [0.05, 0.1) is 36.2 Å². The molecule has 0 atom stereocenters. The molecule has 7 aromatic carbocycles. The average molecular weight is 1000 g/mol. The number of para-hydroxylation sites is 4. The van der Waals surface area contributed by atoms with Crippen molar-refractivity contribution in [3.63, 3.8) is 0 Å². The van der Waals surface area contributed by atoms with Gasteiger partial charge in [-0.2, -0.15) is 0 Å². The van der Waals surface area contributed by atoms with Crippen molar-refractivity contribution in [2.75, 3.05) is 0 Å². The van der Waals surface area contributed by atoms with Crippen LogP contribution >= 0.6 is 0 Å². The minimum absolute atomic E-state index is 0. The van der Waals surface area contributed by atoms with Gasteiger partial charge in [0.15, 0.2) is 0 Å². The van der Waals surface area contributed by atoms with E-state index in [9.17, 15) is 0 Å². The molecule has 309 valence electrons. The van der Waals surface area contributed by atoms with Crippen molar-refractivity contribution in [2.45, 2.75) is 46.8 Å². The van der Waals surface area contributed by atoms with Gasteiger partial charge in [0, 0.05) is 42.8 Å². The Morgan fingerprint density at radius 1 is 0.710 bits per heavy atom. The molecule has 0 aliphatic rings. The minimum atomic E-state index is -1.34. The van der Waals surface area contributed by atoms with E-state index in [-0.39, 0.29) is 20.1 Å². The van der Waals surface area contributed by atoms with Crippen molar-refractivity contribution >= 4 is 46.2 Å². The maximum absolute atomic E-state index is 6.55. The third-order valence-corrected chi connectivity index (χ3v) is 13.3. The molecule has 10 rings (SSSR count). The van der Waals surface area contributed by atoms with Crippen LogP contribution in [0, 0.1) is 25.0 Å². The summed E-state index contributed by atoms with van der Waals surface area (Å²) in [6.45, 7) is 13.9. The molecule has 0 bridgehead atoms. The molecule has 0 spiro atoms. The largest absolute Gasteiger partial charge is 0.501 e. The molecule has 3 heterocycles. The third-order valence-electron chi connectivity index (χ3n) is 11.3. The summed E-state index contributed by atoms with van der Waals surface area (Å²) in [6, 6.07) is 63.5. The molecule has 0 unspecified atom stereocenters. The van der Waals surface area contributed by atoms with Crippen LogP contribution in [0.25, 0.3) is 83.6 Å². The summed E-state index contributed by atoms with van der Waals surface area (Å²) >= 11 is 0. The fourth-order valence-corrected chi connectivity index (χ4v) is 10.1. The second kappa shape index (κ2) is 18.0. The number of aryl methyl sites for hydroxylation is 1. The van der Waals surface area contributed by atoms with E-state index < -0.39 is 8.07 Å². The number of furan rings is 1. The number of imidazole rings is 1. The molecule has 0 fully saturated rings. The van der Waals surface area contributed by atoms with E-state index in [1.165, 1.54) is 10.8 Å². The van der Waals surface area contributed by atoms with E-state index in [2.05, 4.69) is 196 Å². The number of benzene rings is 7. The predicted octanol–water partition coefficient (Wildman–Crippen LogP) is 14.3. The number of rotatable bonds is 8. The summed E-state index contributed by atoms with van der Waals surface area (Å²) in [5, 5.41) is 3.70. The normalized spacial score (nSPS) is 11.5. The molecule has 62 heavy (non-hydrogen) atoms. The molecule has 0 saturated heterocycles. The first-order chi connectivity index (χ1) is 29.7. The first kappa shape index (κ1) is 42.5. The fraction of sp³-hybridized carbons (Fsp3) is 0.143. The van der Waals surface area contributed by atoms with E-state index in [4.69, 9.17) is 9.40 Å². The maximum atomic E-state index is 6.55. The van der Waals surface area contributed by atoms with Crippen molar-refractivity contribution in [2.24, 2.45) is 5.92 Å². The van der Waals surface area contributed by atoms with Gasteiger partial charge in [-0.3, -0.25) is 4.98 Å². The first-order valence-electron chi connectivity index (χ1n) is 21.2.